The third-order valence-electron chi connectivity index (χ3n) is 1.85. The lowest BCUT2D eigenvalue weighted by molar-refractivity contribution is -0.117. The van der Waals surface area contributed by atoms with Gasteiger partial charge < -0.3 is 10.4 Å². The molecule has 0 bridgehead atoms. The Labute approximate surface area is 98.4 Å². The number of aromatic nitrogens is 1. The molecule has 0 unspecified atom stereocenters. The van der Waals surface area contributed by atoms with Crippen LogP contribution in [-0.2, 0) is 4.79 Å². The zero-order chi connectivity index (χ0) is 11.8. The van der Waals surface area contributed by atoms with E-state index in [-0.39, 0.29) is 19.1 Å². The normalized spacial score (nSPS) is 10.4. The van der Waals surface area contributed by atoms with Crippen LogP contribution in [0.5, 0.6) is 0 Å². The van der Waals surface area contributed by atoms with Gasteiger partial charge in [-0.1, -0.05) is 6.08 Å². The Balaban J connectivity index is 2.38. The standard InChI is InChI=1S/C10H15N3O2S/c1-2-4-13(5-6-14)8-9(15)12-10-11-3-7-16-10/h2-3,7,14H,1,4-6,8H2,(H,11,12,15). The maximum atomic E-state index is 11.6. The number of hydrogen-bond donors (Lipinski definition) is 2. The smallest absolute Gasteiger partial charge is 0.240 e. The second-order valence-electron chi connectivity index (χ2n) is 3.13. The molecule has 0 fully saturated rings. The van der Waals surface area contributed by atoms with Crippen molar-refractivity contribution in [2.45, 2.75) is 0 Å². The van der Waals surface area contributed by atoms with E-state index in [0.29, 0.717) is 18.2 Å². The van der Waals surface area contributed by atoms with Gasteiger partial charge in [-0.3, -0.25) is 9.69 Å². The van der Waals surface area contributed by atoms with Gasteiger partial charge in [0, 0.05) is 24.7 Å². The van der Waals surface area contributed by atoms with Gasteiger partial charge in [-0.2, -0.15) is 0 Å². The number of nitrogens with zero attached hydrogens (tertiary/aromatic N) is 2. The van der Waals surface area contributed by atoms with Gasteiger partial charge >= 0.3 is 0 Å². The number of aliphatic hydroxyl groups is 1. The van der Waals surface area contributed by atoms with E-state index >= 15 is 0 Å². The van der Waals surface area contributed by atoms with Crippen LogP contribution in [0.25, 0.3) is 0 Å². The molecule has 2 N–H and O–H groups in total. The van der Waals surface area contributed by atoms with Crippen molar-refractivity contribution in [2.75, 3.05) is 31.6 Å². The molecule has 6 heteroatoms. The molecule has 1 amide bonds. The van der Waals surface area contributed by atoms with Crippen molar-refractivity contribution in [3.63, 3.8) is 0 Å². The SMILES string of the molecule is C=CCN(CCO)CC(=O)Nc1nccs1. The van der Waals surface area contributed by atoms with Gasteiger partial charge in [-0.05, 0) is 0 Å². The van der Waals surface area contributed by atoms with E-state index in [2.05, 4.69) is 16.9 Å². The molecular weight excluding hydrogens is 226 g/mol. The maximum Gasteiger partial charge on any atom is 0.240 e. The number of carbonyl (C=O) groups is 1. The minimum Gasteiger partial charge on any atom is -0.395 e. The largest absolute Gasteiger partial charge is 0.395 e. The first-order chi connectivity index (χ1) is 7.76. The van der Waals surface area contributed by atoms with Crippen molar-refractivity contribution >= 4 is 22.4 Å². The average molecular weight is 241 g/mol. The van der Waals surface area contributed by atoms with Crippen LogP contribution in [0.3, 0.4) is 0 Å². The number of hydrogen-bond acceptors (Lipinski definition) is 5. The van der Waals surface area contributed by atoms with Crippen LogP contribution in [0.15, 0.2) is 24.2 Å². The van der Waals surface area contributed by atoms with Gasteiger partial charge in [0.1, 0.15) is 0 Å². The number of aliphatic hydroxyl groups excluding tert-OH is 1. The number of nitrogens with one attached hydrogen (secondary N) is 1. The fourth-order valence-corrected chi connectivity index (χ4v) is 1.75. The Morgan fingerprint density at radius 3 is 3.12 bits per heavy atom. The highest BCUT2D eigenvalue weighted by molar-refractivity contribution is 7.13. The van der Waals surface area contributed by atoms with E-state index in [1.54, 1.807) is 22.6 Å². The van der Waals surface area contributed by atoms with Gasteiger partial charge in [0.15, 0.2) is 5.13 Å². The van der Waals surface area contributed by atoms with Crippen LogP contribution in [0.1, 0.15) is 0 Å². The lowest BCUT2D eigenvalue weighted by Gasteiger charge is -2.18. The van der Waals surface area contributed by atoms with Crippen LogP contribution in [-0.4, -0.2) is 47.1 Å². The predicted octanol–water partition coefficient (Wildman–Crippen LogP) is 0.562. The topological polar surface area (TPSA) is 65.5 Å². The highest BCUT2D eigenvalue weighted by Crippen LogP contribution is 2.09. The summed E-state index contributed by atoms with van der Waals surface area (Å²) in [6, 6.07) is 0. The van der Waals surface area contributed by atoms with Crippen molar-refractivity contribution in [1.82, 2.24) is 9.88 Å². The second-order valence-corrected chi connectivity index (χ2v) is 4.03. The molecule has 1 aromatic rings. The van der Waals surface area contributed by atoms with Crippen LogP contribution < -0.4 is 5.32 Å². The number of amides is 1. The minimum absolute atomic E-state index is 0.0262. The third kappa shape index (κ3) is 4.52. The third-order valence-corrected chi connectivity index (χ3v) is 2.54. The molecule has 0 radical (unpaired) electrons. The first kappa shape index (κ1) is 12.8. The molecule has 1 aromatic heterocycles. The number of rotatable bonds is 7. The Bertz CT molecular complexity index is 327. The molecule has 0 spiro atoms. The molecule has 0 aliphatic rings. The van der Waals surface area contributed by atoms with E-state index in [4.69, 9.17) is 5.11 Å². The van der Waals surface area contributed by atoms with Gasteiger partial charge in [-0.15, -0.1) is 17.9 Å². The van der Waals surface area contributed by atoms with E-state index in [1.165, 1.54) is 11.3 Å². The molecule has 0 aliphatic heterocycles. The summed E-state index contributed by atoms with van der Waals surface area (Å²) in [4.78, 5) is 17.3. The van der Waals surface area contributed by atoms with Gasteiger partial charge in [0.2, 0.25) is 5.91 Å². The first-order valence-corrected chi connectivity index (χ1v) is 5.77. The summed E-state index contributed by atoms with van der Waals surface area (Å²) in [5, 5.41) is 13.9. The lowest BCUT2D eigenvalue weighted by Crippen LogP contribution is -2.35. The highest BCUT2D eigenvalue weighted by Gasteiger charge is 2.09. The summed E-state index contributed by atoms with van der Waals surface area (Å²) in [7, 11) is 0. The van der Waals surface area contributed by atoms with Crippen LogP contribution in [0, 0.1) is 0 Å². The summed E-state index contributed by atoms with van der Waals surface area (Å²) in [5.41, 5.74) is 0. The fourth-order valence-electron chi connectivity index (χ4n) is 1.21. The maximum absolute atomic E-state index is 11.6. The number of anilines is 1. The number of thiazole rings is 1. The second kappa shape index (κ2) is 7.10. The van der Waals surface area contributed by atoms with Crippen LogP contribution in [0.2, 0.25) is 0 Å². The number of carbonyl (C=O) groups excluding carboxylic acids is 1. The van der Waals surface area contributed by atoms with E-state index in [9.17, 15) is 4.79 Å². The molecule has 1 heterocycles. The summed E-state index contributed by atoms with van der Waals surface area (Å²) in [6.07, 6.45) is 3.34. The Morgan fingerprint density at radius 1 is 1.75 bits per heavy atom. The summed E-state index contributed by atoms with van der Waals surface area (Å²) in [6.45, 7) is 4.89. The Kier molecular flexibility index (Phi) is 5.69. The van der Waals surface area contributed by atoms with Crippen LogP contribution >= 0.6 is 11.3 Å². The summed E-state index contributed by atoms with van der Waals surface area (Å²) in [5.74, 6) is -0.134. The quantitative estimate of drug-likeness (QED) is 0.685. The van der Waals surface area contributed by atoms with Crippen molar-refractivity contribution in [3.05, 3.63) is 24.2 Å². The van der Waals surface area contributed by atoms with E-state index in [1.807, 2.05) is 0 Å². The van der Waals surface area contributed by atoms with Gasteiger partial charge in [0.25, 0.3) is 0 Å². The van der Waals surface area contributed by atoms with Crippen molar-refractivity contribution in [2.24, 2.45) is 0 Å². The molecule has 16 heavy (non-hydrogen) atoms. The van der Waals surface area contributed by atoms with Crippen molar-refractivity contribution in [3.8, 4) is 0 Å². The zero-order valence-electron chi connectivity index (χ0n) is 8.93. The Morgan fingerprint density at radius 2 is 2.56 bits per heavy atom. The molecule has 0 saturated heterocycles. The Hall–Kier alpha value is -1.24. The lowest BCUT2D eigenvalue weighted by atomic mass is 10.4. The molecule has 0 aliphatic carbocycles. The van der Waals surface area contributed by atoms with Crippen molar-refractivity contribution < 1.29 is 9.90 Å². The predicted molar refractivity (Wildman–Crippen MR) is 64.5 cm³/mol. The highest BCUT2D eigenvalue weighted by atomic mass is 32.1. The molecule has 88 valence electrons. The summed E-state index contributed by atoms with van der Waals surface area (Å²) < 4.78 is 0. The average Bonchev–Trinajstić information content (AvgIpc) is 2.71. The summed E-state index contributed by atoms with van der Waals surface area (Å²) >= 11 is 1.37. The molecule has 5 nitrogen and oxygen atoms in total. The van der Waals surface area contributed by atoms with E-state index < -0.39 is 0 Å². The minimum atomic E-state index is -0.134. The molecule has 0 atom stereocenters. The van der Waals surface area contributed by atoms with Crippen molar-refractivity contribution in [1.29, 1.82) is 0 Å². The molecular formula is C10H15N3O2S. The fraction of sp³-hybridized carbons (Fsp3) is 0.400. The van der Waals surface area contributed by atoms with Gasteiger partial charge in [-0.25, -0.2) is 4.98 Å². The zero-order valence-corrected chi connectivity index (χ0v) is 9.74. The van der Waals surface area contributed by atoms with E-state index in [0.717, 1.165) is 0 Å². The molecule has 1 rings (SSSR count). The van der Waals surface area contributed by atoms with Crippen LogP contribution in [0.4, 0.5) is 5.13 Å². The monoisotopic (exact) mass is 241 g/mol. The van der Waals surface area contributed by atoms with Gasteiger partial charge in [0.05, 0.1) is 13.2 Å². The first-order valence-electron chi connectivity index (χ1n) is 4.89. The molecule has 0 saturated carbocycles. The molecule has 0 aromatic carbocycles.